The maximum atomic E-state index is 12.8. The molecule has 2 aliphatic rings. The number of piperazine rings is 1. The Bertz CT molecular complexity index is 897. The smallest absolute Gasteiger partial charge is 0.248 e. The van der Waals surface area contributed by atoms with Crippen LogP contribution in [0.15, 0.2) is 23.1 Å². The lowest BCUT2D eigenvalue weighted by molar-refractivity contribution is -0.138. The molecule has 1 unspecified atom stereocenters. The fourth-order valence-electron chi connectivity index (χ4n) is 4.41. The Balaban J connectivity index is 1.38. The zero-order valence-corrected chi connectivity index (χ0v) is 21.4. The van der Waals surface area contributed by atoms with Crippen LogP contribution in [0.25, 0.3) is 0 Å². The monoisotopic (exact) mass is 501 g/mol. The number of halogens is 1. The van der Waals surface area contributed by atoms with E-state index in [2.05, 4.69) is 16.8 Å². The van der Waals surface area contributed by atoms with Gasteiger partial charge in [0.1, 0.15) is 12.4 Å². The van der Waals surface area contributed by atoms with Crippen molar-refractivity contribution in [2.45, 2.75) is 42.4 Å². The number of nitrogens with zero attached hydrogens (tertiary/aromatic N) is 3. The van der Waals surface area contributed by atoms with Crippen LogP contribution in [0.3, 0.4) is 0 Å². The predicted molar refractivity (Wildman–Crippen MR) is 129 cm³/mol. The number of rotatable bonds is 9. The Labute approximate surface area is 202 Å². The fourth-order valence-corrected chi connectivity index (χ4v) is 6.33. The number of carbonyl (C=O) groups excluding carboxylic acids is 1. The third kappa shape index (κ3) is 6.82. The van der Waals surface area contributed by atoms with Crippen molar-refractivity contribution in [3.8, 4) is 5.75 Å². The molecule has 0 saturated carbocycles. The van der Waals surface area contributed by atoms with E-state index in [-0.39, 0.29) is 35.5 Å². The van der Waals surface area contributed by atoms with E-state index in [1.165, 1.54) is 32.1 Å². The molecule has 2 saturated heterocycles. The van der Waals surface area contributed by atoms with Crippen molar-refractivity contribution in [3.63, 3.8) is 0 Å². The van der Waals surface area contributed by atoms with E-state index < -0.39 is 15.1 Å². The van der Waals surface area contributed by atoms with E-state index in [1.54, 1.807) is 13.0 Å². The number of methoxy groups -OCH3 is 1. The Morgan fingerprint density at radius 3 is 2.42 bits per heavy atom. The van der Waals surface area contributed by atoms with Gasteiger partial charge in [-0.1, -0.05) is 11.6 Å². The van der Waals surface area contributed by atoms with Crippen molar-refractivity contribution < 1.29 is 22.7 Å². The van der Waals surface area contributed by atoms with Gasteiger partial charge in [0.25, 0.3) is 0 Å². The number of amides is 1. The number of hydrogen-bond donors (Lipinski definition) is 0. The van der Waals surface area contributed by atoms with Gasteiger partial charge in [-0.05, 0) is 58.5 Å². The summed E-state index contributed by atoms with van der Waals surface area (Å²) in [6.07, 6.45) is 2.66. The minimum atomic E-state index is -3.61. The minimum Gasteiger partial charge on any atom is -0.497 e. The summed E-state index contributed by atoms with van der Waals surface area (Å²) in [7, 11) is 0.0530. The summed E-state index contributed by atoms with van der Waals surface area (Å²) >= 11 is 6.15. The van der Waals surface area contributed by atoms with Crippen molar-refractivity contribution in [2.75, 3.05) is 66.6 Å². The molecule has 2 fully saturated rings. The normalized spacial score (nSPS) is 20.1. The molecule has 186 valence electrons. The molecule has 1 aromatic rings. The van der Waals surface area contributed by atoms with Gasteiger partial charge in [-0.2, -0.15) is 0 Å². The zero-order valence-electron chi connectivity index (χ0n) is 19.8. The zero-order chi connectivity index (χ0) is 24.0. The molecule has 1 atom stereocenters. The lowest BCUT2D eigenvalue weighted by Gasteiger charge is -2.42. The second-order valence-corrected chi connectivity index (χ2v) is 11.7. The highest BCUT2D eigenvalue weighted by Crippen LogP contribution is 2.29. The molecule has 1 aromatic carbocycles. The summed E-state index contributed by atoms with van der Waals surface area (Å²) in [5, 5.41) is -0.548. The van der Waals surface area contributed by atoms with Crippen LogP contribution in [0.5, 0.6) is 5.75 Å². The molecule has 0 aliphatic carbocycles. The molecule has 33 heavy (non-hydrogen) atoms. The molecule has 2 aliphatic heterocycles. The molecule has 10 heteroatoms. The molecule has 0 spiro atoms. The van der Waals surface area contributed by atoms with Gasteiger partial charge in [-0.15, -0.1) is 0 Å². The summed E-state index contributed by atoms with van der Waals surface area (Å²) in [5.74, 6) is 0.465. The second kappa shape index (κ2) is 11.8. The molecule has 3 rings (SSSR count). The average molecular weight is 502 g/mol. The van der Waals surface area contributed by atoms with Crippen molar-refractivity contribution in [3.05, 3.63) is 23.2 Å². The van der Waals surface area contributed by atoms with Crippen molar-refractivity contribution in [2.24, 2.45) is 0 Å². The highest BCUT2D eigenvalue weighted by Gasteiger charge is 2.29. The SMILES string of the molecule is COc1ccc(S(=O)(=O)C(C)CCOCC(=O)N2CCN(C3CCN(C)CC3)CC2)c(Cl)c1. The van der Waals surface area contributed by atoms with E-state index in [0.717, 1.165) is 39.3 Å². The molecule has 0 radical (unpaired) electrons. The lowest BCUT2D eigenvalue weighted by atomic mass is 10.0. The predicted octanol–water partition coefficient (Wildman–Crippen LogP) is 2.16. The molecule has 2 heterocycles. The van der Waals surface area contributed by atoms with E-state index in [1.807, 2.05) is 4.90 Å². The van der Waals surface area contributed by atoms with Crippen LogP contribution in [0.4, 0.5) is 0 Å². The molecule has 1 amide bonds. The van der Waals surface area contributed by atoms with E-state index in [4.69, 9.17) is 21.1 Å². The van der Waals surface area contributed by atoms with Crippen molar-refractivity contribution in [1.29, 1.82) is 0 Å². The highest BCUT2D eigenvalue weighted by molar-refractivity contribution is 7.92. The van der Waals surface area contributed by atoms with Gasteiger partial charge in [0.15, 0.2) is 9.84 Å². The molecule has 0 aromatic heterocycles. The topological polar surface area (TPSA) is 79.4 Å². The van der Waals surface area contributed by atoms with Crippen LogP contribution >= 0.6 is 11.6 Å². The van der Waals surface area contributed by atoms with Gasteiger partial charge in [-0.3, -0.25) is 9.69 Å². The van der Waals surface area contributed by atoms with Crippen LogP contribution in [0.2, 0.25) is 5.02 Å². The third-order valence-electron chi connectivity index (χ3n) is 6.74. The first kappa shape index (κ1) is 26.2. The van der Waals surface area contributed by atoms with Crippen LogP contribution in [0.1, 0.15) is 26.2 Å². The average Bonchev–Trinajstić information content (AvgIpc) is 2.81. The standard InChI is InChI=1S/C23H36ClN3O5S/c1-18(33(29,30)22-5-4-20(31-3)16-21(22)24)8-15-32-17-23(28)27-13-11-26(12-14-27)19-6-9-25(2)10-7-19/h4-5,16,18-19H,6-15,17H2,1-3H3. The van der Waals surface area contributed by atoms with Crippen molar-refractivity contribution >= 4 is 27.3 Å². The van der Waals surface area contributed by atoms with Gasteiger partial charge < -0.3 is 19.3 Å². The Morgan fingerprint density at radius 1 is 1.15 bits per heavy atom. The maximum absolute atomic E-state index is 12.8. The molecule has 0 bridgehead atoms. The van der Waals surface area contributed by atoms with Crippen molar-refractivity contribution in [1.82, 2.24) is 14.7 Å². The van der Waals surface area contributed by atoms with Crippen LogP contribution in [-0.4, -0.2) is 107 Å². The number of sulfone groups is 1. The van der Waals surface area contributed by atoms with E-state index in [0.29, 0.717) is 11.8 Å². The largest absolute Gasteiger partial charge is 0.497 e. The Morgan fingerprint density at radius 2 is 1.82 bits per heavy atom. The summed E-state index contributed by atoms with van der Waals surface area (Å²) in [6.45, 7) is 7.30. The number of carbonyl (C=O) groups is 1. The third-order valence-corrected chi connectivity index (χ3v) is 9.43. The first-order valence-corrected chi connectivity index (χ1v) is 13.5. The number of hydrogen-bond acceptors (Lipinski definition) is 7. The molecular formula is C23H36ClN3O5S. The maximum Gasteiger partial charge on any atom is 0.248 e. The van der Waals surface area contributed by atoms with Crippen LogP contribution < -0.4 is 4.74 Å². The number of likely N-dealkylation sites (tertiary alicyclic amines) is 1. The van der Waals surface area contributed by atoms with E-state index >= 15 is 0 Å². The van der Waals surface area contributed by atoms with Gasteiger partial charge in [0.2, 0.25) is 5.91 Å². The summed E-state index contributed by atoms with van der Waals surface area (Å²) in [6, 6.07) is 5.15. The van der Waals surface area contributed by atoms with Gasteiger partial charge in [-0.25, -0.2) is 8.42 Å². The number of benzene rings is 1. The quantitative estimate of drug-likeness (QED) is 0.480. The molecular weight excluding hydrogens is 466 g/mol. The van der Waals surface area contributed by atoms with Gasteiger partial charge in [0.05, 0.1) is 22.3 Å². The fraction of sp³-hybridized carbons (Fsp3) is 0.696. The first-order valence-electron chi connectivity index (χ1n) is 11.6. The summed E-state index contributed by atoms with van der Waals surface area (Å²) < 4.78 is 36.3. The minimum absolute atomic E-state index is 0.0235. The summed E-state index contributed by atoms with van der Waals surface area (Å²) in [5.41, 5.74) is 0. The van der Waals surface area contributed by atoms with Crippen LogP contribution in [0, 0.1) is 0 Å². The number of ether oxygens (including phenoxy) is 2. The van der Waals surface area contributed by atoms with E-state index in [9.17, 15) is 13.2 Å². The molecule has 0 N–H and O–H groups in total. The molecule has 8 nitrogen and oxygen atoms in total. The second-order valence-electron chi connectivity index (χ2n) is 8.94. The summed E-state index contributed by atoms with van der Waals surface area (Å²) in [4.78, 5) is 19.3. The van der Waals surface area contributed by atoms with Gasteiger partial charge in [0, 0.05) is 44.9 Å². The highest BCUT2D eigenvalue weighted by atomic mass is 35.5. The Kier molecular flexibility index (Phi) is 9.41. The first-order chi connectivity index (χ1) is 15.7. The van der Waals surface area contributed by atoms with Crippen LogP contribution in [-0.2, 0) is 19.4 Å². The number of piperidine rings is 1. The Hall–Kier alpha value is -1.39. The van der Waals surface area contributed by atoms with Gasteiger partial charge >= 0.3 is 0 Å². The lowest BCUT2D eigenvalue weighted by Crippen LogP contribution is -2.54.